The van der Waals surface area contributed by atoms with Crippen molar-refractivity contribution in [2.45, 2.75) is 11.8 Å². The molecular weight excluding hydrogens is 279 g/mol. The van der Waals surface area contributed by atoms with Crippen molar-refractivity contribution in [3.8, 4) is 0 Å². The molecule has 1 aromatic carbocycles. The highest BCUT2D eigenvalue weighted by molar-refractivity contribution is 7.09. The highest BCUT2D eigenvalue weighted by Crippen LogP contribution is 2.30. The monoisotopic (exact) mass is 294 g/mol. The molecule has 2 aromatic rings. The lowest BCUT2D eigenvalue weighted by molar-refractivity contribution is -0.147. The van der Waals surface area contributed by atoms with Gasteiger partial charge in [0.05, 0.1) is 12.1 Å². The SMILES string of the molecule is COC(=O)C(CN)(Cc1nccs1)c1ccc(F)cc1. The van der Waals surface area contributed by atoms with E-state index in [0.29, 0.717) is 12.0 Å². The number of nitrogens with two attached hydrogens (primary N) is 1. The third-order valence-corrected chi connectivity index (χ3v) is 4.04. The molecule has 0 radical (unpaired) electrons. The van der Waals surface area contributed by atoms with Gasteiger partial charge in [0.15, 0.2) is 0 Å². The molecule has 0 bridgehead atoms. The van der Waals surface area contributed by atoms with E-state index in [0.717, 1.165) is 5.01 Å². The third-order valence-electron chi connectivity index (χ3n) is 3.26. The molecule has 0 spiro atoms. The van der Waals surface area contributed by atoms with E-state index >= 15 is 0 Å². The van der Waals surface area contributed by atoms with Crippen LogP contribution in [0.25, 0.3) is 0 Å². The Bertz CT molecular complexity index is 571. The first kappa shape index (κ1) is 14.6. The smallest absolute Gasteiger partial charge is 0.318 e. The Morgan fingerprint density at radius 1 is 1.45 bits per heavy atom. The summed E-state index contributed by atoms with van der Waals surface area (Å²) < 4.78 is 18.0. The number of halogens is 1. The lowest BCUT2D eigenvalue weighted by Gasteiger charge is -2.29. The van der Waals surface area contributed by atoms with Crippen molar-refractivity contribution in [3.63, 3.8) is 0 Å². The second kappa shape index (κ2) is 6.11. The van der Waals surface area contributed by atoms with Gasteiger partial charge in [0.2, 0.25) is 0 Å². The van der Waals surface area contributed by atoms with Crippen LogP contribution < -0.4 is 5.73 Å². The first-order valence-electron chi connectivity index (χ1n) is 6.05. The molecule has 2 N–H and O–H groups in total. The van der Waals surface area contributed by atoms with E-state index in [9.17, 15) is 9.18 Å². The molecule has 4 nitrogen and oxygen atoms in total. The number of aromatic nitrogens is 1. The summed E-state index contributed by atoms with van der Waals surface area (Å²) in [5.41, 5.74) is 5.44. The van der Waals surface area contributed by atoms with E-state index in [4.69, 9.17) is 10.5 Å². The molecule has 0 fully saturated rings. The first-order chi connectivity index (χ1) is 9.62. The van der Waals surface area contributed by atoms with Crippen molar-refractivity contribution >= 4 is 17.3 Å². The summed E-state index contributed by atoms with van der Waals surface area (Å²) >= 11 is 1.44. The number of rotatable bonds is 5. The highest BCUT2D eigenvalue weighted by Gasteiger charge is 2.41. The molecule has 0 saturated carbocycles. The summed E-state index contributed by atoms with van der Waals surface area (Å²) in [5, 5.41) is 2.61. The summed E-state index contributed by atoms with van der Waals surface area (Å²) in [6.07, 6.45) is 2.00. The van der Waals surface area contributed by atoms with E-state index in [-0.39, 0.29) is 12.4 Å². The van der Waals surface area contributed by atoms with Crippen LogP contribution in [0.4, 0.5) is 4.39 Å². The van der Waals surface area contributed by atoms with Crippen LogP contribution in [-0.2, 0) is 21.4 Å². The van der Waals surface area contributed by atoms with Gasteiger partial charge in [-0.05, 0) is 17.7 Å². The van der Waals surface area contributed by atoms with Crippen molar-refractivity contribution in [2.75, 3.05) is 13.7 Å². The minimum absolute atomic E-state index is 0.0604. The number of hydrogen-bond donors (Lipinski definition) is 1. The maximum absolute atomic E-state index is 13.1. The number of carbonyl (C=O) groups excluding carboxylic acids is 1. The Labute approximate surface area is 120 Å². The predicted octanol–water partition coefficient (Wildman–Crippen LogP) is 1.89. The van der Waals surface area contributed by atoms with Crippen molar-refractivity contribution in [2.24, 2.45) is 5.73 Å². The van der Waals surface area contributed by atoms with Crippen LogP contribution in [0.3, 0.4) is 0 Å². The molecule has 20 heavy (non-hydrogen) atoms. The van der Waals surface area contributed by atoms with Crippen molar-refractivity contribution < 1.29 is 13.9 Å². The van der Waals surface area contributed by atoms with Gasteiger partial charge in [-0.2, -0.15) is 0 Å². The molecule has 1 aromatic heterocycles. The number of hydrogen-bond acceptors (Lipinski definition) is 5. The molecule has 1 heterocycles. The molecule has 0 aliphatic rings. The Kier molecular flexibility index (Phi) is 4.46. The molecule has 0 aliphatic heterocycles. The summed E-state index contributed by atoms with van der Waals surface area (Å²) in [6.45, 7) is 0.0604. The average molecular weight is 294 g/mol. The number of methoxy groups -OCH3 is 1. The summed E-state index contributed by atoms with van der Waals surface area (Å²) in [4.78, 5) is 16.4. The van der Waals surface area contributed by atoms with Gasteiger partial charge >= 0.3 is 5.97 Å². The van der Waals surface area contributed by atoms with Crippen LogP contribution in [0.5, 0.6) is 0 Å². The zero-order chi connectivity index (χ0) is 14.6. The van der Waals surface area contributed by atoms with Gasteiger partial charge in [-0.3, -0.25) is 4.79 Å². The van der Waals surface area contributed by atoms with Crippen molar-refractivity contribution in [1.29, 1.82) is 0 Å². The van der Waals surface area contributed by atoms with Crippen LogP contribution in [0.15, 0.2) is 35.8 Å². The van der Waals surface area contributed by atoms with Crippen LogP contribution in [-0.4, -0.2) is 24.6 Å². The maximum Gasteiger partial charge on any atom is 0.318 e. The van der Waals surface area contributed by atoms with E-state index in [1.54, 1.807) is 18.3 Å². The fraction of sp³-hybridized carbons (Fsp3) is 0.286. The molecule has 2 rings (SSSR count). The van der Waals surface area contributed by atoms with Gasteiger partial charge < -0.3 is 10.5 Å². The maximum atomic E-state index is 13.1. The molecule has 0 saturated heterocycles. The van der Waals surface area contributed by atoms with Crippen LogP contribution in [0.1, 0.15) is 10.6 Å². The van der Waals surface area contributed by atoms with Gasteiger partial charge in [0.25, 0.3) is 0 Å². The molecule has 0 aliphatic carbocycles. The molecule has 6 heteroatoms. The summed E-state index contributed by atoms with van der Waals surface area (Å²) in [6, 6.07) is 5.74. The van der Waals surface area contributed by atoms with Crippen LogP contribution in [0.2, 0.25) is 0 Å². The van der Waals surface area contributed by atoms with Crippen LogP contribution >= 0.6 is 11.3 Å². The Balaban J connectivity index is 2.46. The Morgan fingerprint density at radius 2 is 2.15 bits per heavy atom. The van der Waals surface area contributed by atoms with Crippen molar-refractivity contribution in [1.82, 2.24) is 4.98 Å². The lowest BCUT2D eigenvalue weighted by atomic mass is 9.77. The highest BCUT2D eigenvalue weighted by atomic mass is 32.1. The average Bonchev–Trinajstić information content (AvgIpc) is 2.98. The van der Waals surface area contributed by atoms with E-state index < -0.39 is 11.4 Å². The van der Waals surface area contributed by atoms with Gasteiger partial charge in [-0.25, -0.2) is 9.37 Å². The number of benzene rings is 1. The number of esters is 1. The van der Waals surface area contributed by atoms with Crippen molar-refractivity contribution in [3.05, 3.63) is 52.2 Å². The second-order valence-electron chi connectivity index (χ2n) is 4.39. The molecular formula is C14H15FN2O2S. The molecule has 1 unspecified atom stereocenters. The first-order valence-corrected chi connectivity index (χ1v) is 6.93. The number of carbonyl (C=O) groups is 1. The Hall–Kier alpha value is -1.79. The van der Waals surface area contributed by atoms with E-state index in [2.05, 4.69) is 4.98 Å². The molecule has 0 amide bonds. The van der Waals surface area contributed by atoms with Gasteiger partial charge in [0, 0.05) is 24.5 Å². The summed E-state index contributed by atoms with van der Waals surface area (Å²) in [5.74, 6) is -0.805. The lowest BCUT2D eigenvalue weighted by Crippen LogP contribution is -2.45. The van der Waals surface area contributed by atoms with Gasteiger partial charge in [-0.15, -0.1) is 11.3 Å². The van der Waals surface area contributed by atoms with Gasteiger partial charge in [-0.1, -0.05) is 12.1 Å². The zero-order valence-electron chi connectivity index (χ0n) is 11.0. The van der Waals surface area contributed by atoms with E-state index in [1.807, 2.05) is 5.38 Å². The standard InChI is InChI=1S/C14H15FN2O2S/c1-19-13(18)14(9-16,8-12-17-6-7-20-12)10-2-4-11(15)5-3-10/h2-7H,8-9,16H2,1H3. The van der Waals surface area contributed by atoms with Gasteiger partial charge in [0.1, 0.15) is 11.2 Å². The predicted molar refractivity (Wildman–Crippen MR) is 75.0 cm³/mol. The number of thiazole rings is 1. The minimum atomic E-state index is -1.04. The largest absolute Gasteiger partial charge is 0.468 e. The zero-order valence-corrected chi connectivity index (χ0v) is 11.8. The number of ether oxygens (including phenoxy) is 1. The van der Waals surface area contributed by atoms with E-state index in [1.165, 1.54) is 30.6 Å². The minimum Gasteiger partial charge on any atom is -0.468 e. The van der Waals surface area contributed by atoms with Crippen LogP contribution in [0, 0.1) is 5.82 Å². The fourth-order valence-electron chi connectivity index (χ4n) is 2.13. The number of nitrogens with zero attached hydrogens (tertiary/aromatic N) is 1. The summed E-state index contributed by atoms with van der Waals surface area (Å²) in [7, 11) is 1.32. The third kappa shape index (κ3) is 2.71. The Morgan fingerprint density at radius 3 is 2.65 bits per heavy atom. The fourth-order valence-corrected chi connectivity index (χ4v) is 2.86. The molecule has 106 valence electrons. The normalized spacial score (nSPS) is 13.8. The quantitative estimate of drug-likeness (QED) is 0.855. The second-order valence-corrected chi connectivity index (χ2v) is 5.37. The molecule has 1 atom stereocenters. The topological polar surface area (TPSA) is 65.2 Å².